The number of unbranched alkanes of at least 4 members (excludes halogenated alkanes) is 11. The lowest BCUT2D eigenvalue weighted by molar-refractivity contribution is -0.167. The third-order valence-electron chi connectivity index (χ3n) is 11.9. The standard InChI is InChI=1S/C71H108O6/c1-4-7-10-13-16-18-20-22-24-26-27-28-29-30-31-32-33-34-35-36-37-38-39-40-41-42-43-45-46-48-50-52-55-58-61-64-70(73)76-67-68(66-75-69(72)63-60-57-54-15-12-9-6-3)77-71(74)65-62-59-56-53-51-49-47-44-25-23-21-19-17-14-11-8-5-2/h7-8,10-11,16-19,22-25,27-28,30-31,33-34,36-37,39-40,42-43,46-49,53,56,68H,4-6,9,12-15,20-21,26,29,32,35,38,41,44-45,50-52,54-55,57-67H2,1-3H3/b10-7-,11-8-,18-16-,19-17-,24-22-,25-23-,28-27-,31-30-,34-33-,37-36-,40-39-,43-42-,48-46-,49-47-,56-53-. The lowest BCUT2D eigenvalue weighted by atomic mass is 10.1. The highest BCUT2D eigenvalue weighted by Gasteiger charge is 2.19. The monoisotopic (exact) mass is 1060 g/mol. The predicted molar refractivity (Wildman–Crippen MR) is 334 cm³/mol. The smallest absolute Gasteiger partial charge is 0.306 e. The van der Waals surface area contributed by atoms with E-state index in [9.17, 15) is 14.4 Å². The highest BCUT2D eigenvalue weighted by atomic mass is 16.6. The maximum atomic E-state index is 12.8. The molecular formula is C71H108O6. The molecule has 0 radical (unpaired) electrons. The Hall–Kier alpha value is -5.49. The molecule has 0 saturated carbocycles. The normalized spacial score (nSPS) is 13.4. The van der Waals surface area contributed by atoms with E-state index in [1.807, 2.05) is 0 Å². The van der Waals surface area contributed by atoms with Gasteiger partial charge < -0.3 is 14.2 Å². The Labute approximate surface area is 472 Å². The zero-order chi connectivity index (χ0) is 55.7. The van der Waals surface area contributed by atoms with Gasteiger partial charge in [-0.15, -0.1) is 0 Å². The van der Waals surface area contributed by atoms with Gasteiger partial charge in [-0.05, 0) is 135 Å². The van der Waals surface area contributed by atoms with E-state index in [4.69, 9.17) is 14.2 Å². The van der Waals surface area contributed by atoms with Crippen LogP contribution in [0.3, 0.4) is 0 Å². The minimum absolute atomic E-state index is 0.116. The molecule has 0 aromatic rings. The van der Waals surface area contributed by atoms with Gasteiger partial charge in [0.15, 0.2) is 6.10 Å². The summed E-state index contributed by atoms with van der Waals surface area (Å²) in [5.41, 5.74) is 0. The summed E-state index contributed by atoms with van der Waals surface area (Å²) < 4.78 is 16.7. The summed E-state index contributed by atoms with van der Waals surface area (Å²) in [7, 11) is 0. The van der Waals surface area contributed by atoms with E-state index in [1.54, 1.807) is 0 Å². The topological polar surface area (TPSA) is 78.9 Å². The van der Waals surface area contributed by atoms with Crippen LogP contribution in [0.1, 0.15) is 226 Å². The van der Waals surface area contributed by atoms with Gasteiger partial charge in [0, 0.05) is 19.3 Å². The van der Waals surface area contributed by atoms with Crippen molar-refractivity contribution in [3.8, 4) is 0 Å². The number of hydrogen-bond acceptors (Lipinski definition) is 6. The average molecular weight is 1060 g/mol. The Balaban J connectivity index is 4.28. The number of allylic oxidation sites excluding steroid dienone is 30. The van der Waals surface area contributed by atoms with Crippen molar-refractivity contribution in [2.75, 3.05) is 13.2 Å². The quantitative estimate of drug-likeness (QED) is 0.0261. The molecule has 428 valence electrons. The number of ether oxygens (including phenoxy) is 3. The van der Waals surface area contributed by atoms with Crippen LogP contribution in [-0.2, 0) is 28.6 Å². The van der Waals surface area contributed by atoms with Gasteiger partial charge in [0.25, 0.3) is 0 Å². The van der Waals surface area contributed by atoms with E-state index in [2.05, 4.69) is 203 Å². The van der Waals surface area contributed by atoms with Crippen molar-refractivity contribution in [3.63, 3.8) is 0 Å². The molecule has 0 amide bonds. The molecule has 1 atom stereocenters. The molecule has 1 unspecified atom stereocenters. The minimum atomic E-state index is -0.825. The first-order valence-electron chi connectivity index (χ1n) is 30.3. The molecule has 0 fully saturated rings. The van der Waals surface area contributed by atoms with Crippen LogP contribution in [0.5, 0.6) is 0 Å². The molecule has 6 heteroatoms. The molecule has 0 N–H and O–H groups in total. The van der Waals surface area contributed by atoms with Crippen LogP contribution in [-0.4, -0.2) is 37.2 Å². The van der Waals surface area contributed by atoms with Gasteiger partial charge in [-0.2, -0.15) is 0 Å². The third kappa shape index (κ3) is 61.2. The van der Waals surface area contributed by atoms with Gasteiger partial charge in [0.05, 0.1) is 0 Å². The third-order valence-corrected chi connectivity index (χ3v) is 11.9. The first-order chi connectivity index (χ1) is 38.0. The second kappa shape index (κ2) is 63.0. The van der Waals surface area contributed by atoms with Crippen molar-refractivity contribution in [1.29, 1.82) is 0 Å². The minimum Gasteiger partial charge on any atom is -0.462 e. The Kier molecular flexibility index (Phi) is 58.6. The van der Waals surface area contributed by atoms with Crippen molar-refractivity contribution in [3.05, 3.63) is 182 Å². The fourth-order valence-corrected chi connectivity index (χ4v) is 7.45. The molecule has 0 bridgehead atoms. The summed E-state index contributed by atoms with van der Waals surface area (Å²) in [6, 6.07) is 0. The summed E-state index contributed by atoms with van der Waals surface area (Å²) in [5, 5.41) is 0. The highest BCUT2D eigenvalue weighted by Crippen LogP contribution is 2.12. The van der Waals surface area contributed by atoms with Crippen LogP contribution in [0.2, 0.25) is 0 Å². The Morgan fingerprint density at radius 2 is 0.519 bits per heavy atom. The van der Waals surface area contributed by atoms with E-state index in [0.717, 1.165) is 154 Å². The Morgan fingerprint density at radius 1 is 0.273 bits per heavy atom. The van der Waals surface area contributed by atoms with Crippen LogP contribution >= 0.6 is 0 Å². The number of rotatable bonds is 52. The maximum absolute atomic E-state index is 12.8. The SMILES string of the molecule is CC/C=C\C/C=C\C/C=C\C/C=C\C/C=C\C/C=C\C/C=C\C/C=C\C/C=C\C/C=C\CCCCCCC(=O)OCC(COC(=O)CCCCCCCCC)OC(=O)CCC/C=C\C/C=C\C/C=C\C/C=C\C/C=C\CC. The van der Waals surface area contributed by atoms with E-state index in [1.165, 1.54) is 25.7 Å². The molecule has 77 heavy (non-hydrogen) atoms. The molecule has 0 rings (SSSR count). The lowest BCUT2D eigenvalue weighted by Gasteiger charge is -2.18. The van der Waals surface area contributed by atoms with Gasteiger partial charge in [-0.1, -0.05) is 254 Å². The molecule has 0 aliphatic rings. The largest absolute Gasteiger partial charge is 0.462 e. The number of carbonyl (C=O) groups excluding carboxylic acids is 3. The summed E-state index contributed by atoms with van der Waals surface area (Å²) in [5.74, 6) is -1.02. The van der Waals surface area contributed by atoms with Crippen LogP contribution in [0.15, 0.2) is 182 Å². The lowest BCUT2D eigenvalue weighted by Crippen LogP contribution is -2.30. The maximum Gasteiger partial charge on any atom is 0.306 e. The van der Waals surface area contributed by atoms with Gasteiger partial charge in [-0.25, -0.2) is 0 Å². The molecule has 0 heterocycles. The van der Waals surface area contributed by atoms with Gasteiger partial charge >= 0.3 is 17.9 Å². The first kappa shape index (κ1) is 71.5. The molecule has 0 spiro atoms. The zero-order valence-electron chi connectivity index (χ0n) is 48.9. The molecule has 0 aliphatic heterocycles. The van der Waals surface area contributed by atoms with E-state index in [-0.39, 0.29) is 37.5 Å². The predicted octanol–water partition coefficient (Wildman–Crippen LogP) is 20.9. The molecule has 0 saturated heterocycles. The van der Waals surface area contributed by atoms with Gasteiger partial charge in [0.2, 0.25) is 0 Å². The van der Waals surface area contributed by atoms with Crippen LogP contribution in [0.25, 0.3) is 0 Å². The zero-order valence-corrected chi connectivity index (χ0v) is 48.9. The number of esters is 3. The molecule has 0 aliphatic carbocycles. The van der Waals surface area contributed by atoms with Crippen LogP contribution < -0.4 is 0 Å². The van der Waals surface area contributed by atoms with Crippen molar-refractivity contribution in [2.24, 2.45) is 0 Å². The van der Waals surface area contributed by atoms with E-state index in [0.29, 0.717) is 19.3 Å². The van der Waals surface area contributed by atoms with Crippen LogP contribution in [0, 0.1) is 0 Å². The average Bonchev–Trinajstić information content (AvgIpc) is 3.43. The number of carbonyl (C=O) groups is 3. The van der Waals surface area contributed by atoms with E-state index >= 15 is 0 Å². The number of hydrogen-bond donors (Lipinski definition) is 0. The summed E-state index contributed by atoms with van der Waals surface area (Å²) in [6.45, 7) is 6.27. The first-order valence-corrected chi connectivity index (χ1v) is 30.3. The Morgan fingerprint density at radius 3 is 0.831 bits per heavy atom. The molecule has 6 nitrogen and oxygen atoms in total. The summed E-state index contributed by atoms with van der Waals surface area (Å²) in [6.07, 6.45) is 95.0. The van der Waals surface area contributed by atoms with Crippen molar-refractivity contribution in [2.45, 2.75) is 232 Å². The second-order valence-electron chi connectivity index (χ2n) is 19.1. The summed E-state index contributed by atoms with van der Waals surface area (Å²) in [4.78, 5) is 37.9. The fraction of sp³-hybridized carbons (Fsp3) is 0.535. The van der Waals surface area contributed by atoms with E-state index < -0.39 is 6.10 Å². The van der Waals surface area contributed by atoms with Crippen LogP contribution in [0.4, 0.5) is 0 Å². The van der Waals surface area contributed by atoms with Gasteiger partial charge in [0.1, 0.15) is 13.2 Å². The van der Waals surface area contributed by atoms with Gasteiger partial charge in [-0.3, -0.25) is 14.4 Å². The van der Waals surface area contributed by atoms with Crippen molar-refractivity contribution >= 4 is 17.9 Å². The second-order valence-corrected chi connectivity index (χ2v) is 19.1. The molecular weight excluding hydrogens is 949 g/mol. The highest BCUT2D eigenvalue weighted by molar-refractivity contribution is 5.71. The Bertz CT molecular complexity index is 1840. The van der Waals surface area contributed by atoms with Crippen molar-refractivity contribution in [1.82, 2.24) is 0 Å². The molecule has 0 aromatic carbocycles. The molecule has 0 aromatic heterocycles. The van der Waals surface area contributed by atoms with Crippen molar-refractivity contribution < 1.29 is 28.6 Å². The fourth-order valence-electron chi connectivity index (χ4n) is 7.45. The summed E-state index contributed by atoms with van der Waals surface area (Å²) >= 11 is 0.